The lowest BCUT2D eigenvalue weighted by molar-refractivity contribution is 0.306. The van der Waals surface area contributed by atoms with Crippen molar-refractivity contribution in [3.63, 3.8) is 0 Å². The summed E-state index contributed by atoms with van der Waals surface area (Å²) in [7, 11) is 0. The van der Waals surface area contributed by atoms with Gasteiger partial charge in [0.25, 0.3) is 0 Å². The van der Waals surface area contributed by atoms with Gasteiger partial charge in [-0.15, -0.1) is 0 Å². The normalized spacial score (nSPS) is 10.8. The van der Waals surface area contributed by atoms with Gasteiger partial charge in [0.1, 0.15) is 17.2 Å². The first-order chi connectivity index (χ1) is 12.6. The molecule has 0 atom stereocenters. The van der Waals surface area contributed by atoms with Crippen molar-refractivity contribution < 1.29 is 14.9 Å². The summed E-state index contributed by atoms with van der Waals surface area (Å²) < 4.78 is 5.82. The Morgan fingerprint density at radius 2 is 1.92 bits per heavy atom. The zero-order valence-corrected chi connectivity index (χ0v) is 15.3. The summed E-state index contributed by atoms with van der Waals surface area (Å²) in [5.41, 5.74) is 2.80. The van der Waals surface area contributed by atoms with Gasteiger partial charge in [-0.05, 0) is 30.2 Å². The predicted octanol–water partition coefficient (Wildman–Crippen LogP) is 5.38. The average Bonchev–Trinajstić information content (AvgIpc) is 3.11. The van der Waals surface area contributed by atoms with Crippen molar-refractivity contribution in [3.8, 4) is 39.6 Å². The number of halogens is 1. The van der Waals surface area contributed by atoms with Crippen LogP contribution >= 0.6 is 11.6 Å². The molecule has 0 spiro atoms. The summed E-state index contributed by atoms with van der Waals surface area (Å²) in [6.45, 7) is 2.84. The number of nitrogens with zero attached hydrogens (tertiary/aromatic N) is 1. The maximum Gasteiger partial charge on any atom is 0.137 e. The minimum absolute atomic E-state index is 0.0793. The fourth-order valence-corrected chi connectivity index (χ4v) is 2.92. The Morgan fingerprint density at radius 3 is 2.73 bits per heavy atom. The van der Waals surface area contributed by atoms with E-state index in [1.807, 2.05) is 24.3 Å². The summed E-state index contributed by atoms with van der Waals surface area (Å²) in [5, 5.41) is 27.0. The third-order valence-electron chi connectivity index (χ3n) is 4.14. The number of phenolic OH excluding ortho intramolecular Hbond substituents is 2. The highest BCUT2D eigenvalue weighted by Crippen LogP contribution is 2.40. The van der Waals surface area contributed by atoms with Crippen molar-refractivity contribution in [2.45, 2.75) is 26.2 Å². The van der Waals surface area contributed by atoms with Gasteiger partial charge in [0.2, 0.25) is 0 Å². The summed E-state index contributed by atoms with van der Waals surface area (Å²) in [6, 6.07) is 10.5. The smallest absolute Gasteiger partial charge is 0.137 e. The highest BCUT2D eigenvalue weighted by molar-refractivity contribution is 6.32. The molecular formula is C20H21ClN2O3. The molecule has 0 saturated carbocycles. The van der Waals surface area contributed by atoms with Crippen molar-refractivity contribution in [2.24, 2.45) is 0 Å². The second-order valence-corrected chi connectivity index (χ2v) is 6.47. The lowest BCUT2D eigenvalue weighted by Gasteiger charge is -2.10. The van der Waals surface area contributed by atoms with E-state index in [2.05, 4.69) is 17.1 Å². The molecule has 3 aromatic rings. The molecule has 0 bridgehead atoms. The van der Waals surface area contributed by atoms with E-state index in [9.17, 15) is 10.2 Å². The van der Waals surface area contributed by atoms with Crippen molar-refractivity contribution in [2.75, 3.05) is 6.61 Å². The highest BCUT2D eigenvalue weighted by atomic mass is 35.5. The number of ether oxygens (including phenoxy) is 1. The molecule has 0 saturated heterocycles. The number of aromatic nitrogens is 2. The van der Waals surface area contributed by atoms with E-state index in [0.717, 1.165) is 36.1 Å². The molecule has 136 valence electrons. The first-order valence-corrected chi connectivity index (χ1v) is 8.96. The van der Waals surface area contributed by atoms with Crippen LogP contribution in [0.25, 0.3) is 22.4 Å². The number of hydrogen-bond acceptors (Lipinski definition) is 4. The lowest BCUT2D eigenvalue weighted by atomic mass is 10.0. The van der Waals surface area contributed by atoms with Gasteiger partial charge >= 0.3 is 0 Å². The maximum absolute atomic E-state index is 10.2. The van der Waals surface area contributed by atoms with Crippen LogP contribution in [0.2, 0.25) is 5.02 Å². The van der Waals surface area contributed by atoms with E-state index in [-0.39, 0.29) is 16.5 Å². The molecular weight excluding hydrogens is 352 g/mol. The molecule has 3 rings (SSSR count). The van der Waals surface area contributed by atoms with Crippen molar-refractivity contribution >= 4 is 11.6 Å². The third-order valence-corrected chi connectivity index (χ3v) is 4.44. The van der Waals surface area contributed by atoms with Crippen LogP contribution in [0, 0.1) is 0 Å². The number of H-pyrrole nitrogens is 1. The number of benzene rings is 2. The molecule has 5 nitrogen and oxygen atoms in total. The monoisotopic (exact) mass is 372 g/mol. The van der Waals surface area contributed by atoms with Crippen LogP contribution in [0.3, 0.4) is 0 Å². The topological polar surface area (TPSA) is 78.4 Å². The predicted molar refractivity (Wildman–Crippen MR) is 103 cm³/mol. The zero-order valence-electron chi connectivity index (χ0n) is 14.5. The molecule has 0 aliphatic heterocycles. The summed E-state index contributed by atoms with van der Waals surface area (Å²) in [5.74, 6) is 0.541. The molecule has 0 fully saturated rings. The third kappa shape index (κ3) is 3.94. The lowest BCUT2D eigenvalue weighted by Crippen LogP contribution is -1.97. The van der Waals surface area contributed by atoms with Crippen LogP contribution in [0.15, 0.2) is 42.6 Å². The Morgan fingerprint density at radius 1 is 1.08 bits per heavy atom. The molecule has 1 heterocycles. The Labute approximate surface area is 157 Å². The molecule has 2 aromatic carbocycles. The van der Waals surface area contributed by atoms with Crippen LogP contribution < -0.4 is 4.74 Å². The van der Waals surface area contributed by atoms with Crippen LogP contribution in [-0.4, -0.2) is 27.0 Å². The van der Waals surface area contributed by atoms with E-state index in [1.54, 1.807) is 6.20 Å². The summed E-state index contributed by atoms with van der Waals surface area (Å²) in [6.07, 6.45) is 5.01. The quantitative estimate of drug-likeness (QED) is 0.487. The van der Waals surface area contributed by atoms with E-state index in [0.29, 0.717) is 17.9 Å². The Kier molecular flexibility index (Phi) is 5.68. The van der Waals surface area contributed by atoms with Gasteiger partial charge in [0, 0.05) is 17.2 Å². The van der Waals surface area contributed by atoms with E-state index in [1.165, 1.54) is 12.1 Å². The Hall–Kier alpha value is -2.66. The minimum Gasteiger partial charge on any atom is -0.507 e. The Bertz CT molecular complexity index is 893. The molecule has 0 unspecified atom stereocenters. The van der Waals surface area contributed by atoms with Gasteiger partial charge in [0.15, 0.2) is 0 Å². The maximum atomic E-state index is 10.2. The van der Waals surface area contributed by atoms with Gasteiger partial charge < -0.3 is 14.9 Å². The molecule has 0 aliphatic carbocycles. The van der Waals surface area contributed by atoms with Crippen molar-refractivity contribution in [1.29, 1.82) is 0 Å². The SMILES string of the molecule is CCCCCOc1cccc(-c2cn[nH]c2-c2cc(Cl)c(O)cc2O)c1. The van der Waals surface area contributed by atoms with E-state index in [4.69, 9.17) is 16.3 Å². The largest absolute Gasteiger partial charge is 0.507 e. The van der Waals surface area contributed by atoms with Gasteiger partial charge in [-0.3, -0.25) is 5.10 Å². The molecule has 0 radical (unpaired) electrons. The number of unbranched alkanes of at least 4 members (excludes halogenated alkanes) is 2. The number of nitrogens with one attached hydrogen (secondary N) is 1. The zero-order chi connectivity index (χ0) is 18.5. The molecule has 0 aliphatic rings. The van der Waals surface area contributed by atoms with E-state index >= 15 is 0 Å². The van der Waals surface area contributed by atoms with Gasteiger partial charge in [-0.1, -0.05) is 43.5 Å². The second-order valence-electron chi connectivity index (χ2n) is 6.06. The van der Waals surface area contributed by atoms with Crippen molar-refractivity contribution in [1.82, 2.24) is 10.2 Å². The molecule has 0 amide bonds. The van der Waals surface area contributed by atoms with Crippen LogP contribution in [0.5, 0.6) is 17.2 Å². The first-order valence-electron chi connectivity index (χ1n) is 8.58. The Balaban J connectivity index is 1.90. The second kappa shape index (κ2) is 8.15. The highest BCUT2D eigenvalue weighted by Gasteiger charge is 2.16. The number of phenols is 2. The summed E-state index contributed by atoms with van der Waals surface area (Å²) >= 11 is 5.99. The van der Waals surface area contributed by atoms with E-state index < -0.39 is 0 Å². The van der Waals surface area contributed by atoms with Crippen LogP contribution in [0.4, 0.5) is 0 Å². The molecule has 3 N–H and O–H groups in total. The van der Waals surface area contributed by atoms with Crippen molar-refractivity contribution in [3.05, 3.63) is 47.6 Å². The van der Waals surface area contributed by atoms with Gasteiger partial charge in [-0.25, -0.2) is 0 Å². The molecule has 6 heteroatoms. The molecule has 1 aromatic heterocycles. The van der Waals surface area contributed by atoms with Crippen LogP contribution in [-0.2, 0) is 0 Å². The van der Waals surface area contributed by atoms with Crippen LogP contribution in [0.1, 0.15) is 26.2 Å². The first kappa shape index (κ1) is 18.1. The van der Waals surface area contributed by atoms with Gasteiger partial charge in [0.05, 0.1) is 23.5 Å². The average molecular weight is 373 g/mol. The number of hydrogen-bond donors (Lipinski definition) is 3. The number of aromatic amines is 1. The van der Waals surface area contributed by atoms with Gasteiger partial charge in [-0.2, -0.15) is 5.10 Å². The fraction of sp³-hybridized carbons (Fsp3) is 0.250. The standard InChI is InChI=1S/C20H21ClN2O3/c1-2-3-4-8-26-14-7-5-6-13(9-14)16-12-22-23-20(16)15-10-17(21)19(25)11-18(15)24/h5-7,9-12,24-25H,2-4,8H2,1H3,(H,22,23). The number of aromatic hydroxyl groups is 2. The molecule has 26 heavy (non-hydrogen) atoms. The summed E-state index contributed by atoms with van der Waals surface area (Å²) in [4.78, 5) is 0. The number of rotatable bonds is 7. The minimum atomic E-state index is -0.170. The fourth-order valence-electron chi connectivity index (χ4n) is 2.76.